The topological polar surface area (TPSA) is 30.5 Å². The van der Waals surface area contributed by atoms with E-state index in [0.717, 1.165) is 38.1 Å². The Labute approximate surface area is 120 Å². The van der Waals surface area contributed by atoms with Gasteiger partial charge >= 0.3 is 0 Å². The van der Waals surface area contributed by atoms with Gasteiger partial charge in [0, 0.05) is 13.7 Å². The number of ether oxygens (including phenoxy) is 2. The lowest BCUT2D eigenvalue weighted by Gasteiger charge is -2.06. The van der Waals surface area contributed by atoms with Crippen molar-refractivity contribution in [1.29, 1.82) is 0 Å². The van der Waals surface area contributed by atoms with Gasteiger partial charge in [-0.05, 0) is 44.0 Å². The normalized spacial score (nSPS) is 11.7. The quantitative estimate of drug-likeness (QED) is 0.557. The summed E-state index contributed by atoms with van der Waals surface area (Å²) in [6.45, 7) is 4.59. The molecule has 1 N–H and O–H groups in total. The number of hydrogen-bond acceptors (Lipinski definition) is 3. The van der Waals surface area contributed by atoms with Gasteiger partial charge in [-0.25, -0.2) is 4.39 Å². The summed E-state index contributed by atoms with van der Waals surface area (Å²) in [7, 11) is 3.17. The number of halogens is 1. The molecule has 4 heteroatoms. The lowest BCUT2D eigenvalue weighted by atomic mass is 10.1. The monoisotopic (exact) mass is 281 g/mol. The molecule has 0 aromatic heterocycles. The van der Waals surface area contributed by atoms with Gasteiger partial charge in [-0.1, -0.05) is 17.7 Å². The van der Waals surface area contributed by atoms with Crippen LogP contribution in [0.2, 0.25) is 0 Å². The van der Waals surface area contributed by atoms with Gasteiger partial charge in [-0.15, -0.1) is 0 Å². The average Bonchev–Trinajstić information content (AvgIpc) is 2.43. The summed E-state index contributed by atoms with van der Waals surface area (Å²) in [6.07, 6.45) is 3.91. The Bertz CT molecular complexity index is 432. The van der Waals surface area contributed by atoms with E-state index in [4.69, 9.17) is 9.47 Å². The molecule has 0 bridgehead atoms. The molecule has 0 saturated carbocycles. The highest BCUT2D eigenvalue weighted by Gasteiger charge is 2.03. The van der Waals surface area contributed by atoms with Gasteiger partial charge in [0.1, 0.15) is 0 Å². The summed E-state index contributed by atoms with van der Waals surface area (Å²) in [5, 5.41) is 3.28. The Hall–Kier alpha value is -1.39. The summed E-state index contributed by atoms with van der Waals surface area (Å²) < 4.78 is 23.4. The largest absolute Gasteiger partial charge is 0.494 e. The first-order chi connectivity index (χ1) is 9.67. The van der Waals surface area contributed by atoms with Crippen LogP contribution < -0.4 is 10.1 Å². The molecular weight excluding hydrogens is 257 g/mol. The van der Waals surface area contributed by atoms with E-state index in [-0.39, 0.29) is 11.6 Å². The third-order valence-corrected chi connectivity index (χ3v) is 3.00. The molecule has 0 heterocycles. The Kier molecular flexibility index (Phi) is 7.92. The van der Waals surface area contributed by atoms with Crippen LogP contribution in [0.4, 0.5) is 4.39 Å². The van der Waals surface area contributed by atoms with Crippen molar-refractivity contribution in [2.75, 3.05) is 33.9 Å². The molecule has 0 atom stereocenters. The molecule has 0 fully saturated rings. The number of methoxy groups -OCH3 is 2. The van der Waals surface area contributed by atoms with Gasteiger partial charge in [0.05, 0.1) is 13.7 Å². The Balaban J connectivity index is 2.37. The van der Waals surface area contributed by atoms with Crippen LogP contribution in [0.25, 0.3) is 0 Å². The molecular formula is C16H24FNO2. The fraction of sp³-hybridized carbons (Fsp3) is 0.500. The molecule has 0 unspecified atom stereocenters. The number of hydrogen-bond donors (Lipinski definition) is 1. The zero-order valence-corrected chi connectivity index (χ0v) is 12.5. The summed E-state index contributed by atoms with van der Waals surface area (Å²) in [4.78, 5) is 0. The SMILES string of the molecule is COCCNCCC=C(C)Cc1ccc(OC)c(F)c1. The van der Waals surface area contributed by atoms with Crippen molar-refractivity contribution >= 4 is 0 Å². The van der Waals surface area contributed by atoms with Crippen LogP contribution in [0.15, 0.2) is 29.8 Å². The standard InChI is InChI=1S/C16H24FNO2/c1-13(5-4-8-18-9-10-19-2)11-14-6-7-16(20-3)15(17)12-14/h5-7,12,18H,4,8-11H2,1-3H3. The molecule has 0 aliphatic rings. The summed E-state index contributed by atoms with van der Waals surface area (Å²) in [6, 6.07) is 5.10. The van der Waals surface area contributed by atoms with Crippen LogP contribution in [0, 0.1) is 5.82 Å². The Morgan fingerprint density at radius 2 is 2.10 bits per heavy atom. The average molecular weight is 281 g/mol. The molecule has 0 aliphatic heterocycles. The van der Waals surface area contributed by atoms with E-state index in [1.807, 2.05) is 6.07 Å². The predicted molar refractivity (Wildman–Crippen MR) is 79.8 cm³/mol. The van der Waals surface area contributed by atoms with Crippen molar-refractivity contribution in [1.82, 2.24) is 5.32 Å². The molecule has 0 saturated heterocycles. The van der Waals surface area contributed by atoms with E-state index < -0.39 is 0 Å². The van der Waals surface area contributed by atoms with Gasteiger partial charge in [0.2, 0.25) is 0 Å². The minimum absolute atomic E-state index is 0.290. The van der Waals surface area contributed by atoms with Crippen molar-refractivity contribution in [3.63, 3.8) is 0 Å². The Morgan fingerprint density at radius 1 is 1.30 bits per heavy atom. The van der Waals surface area contributed by atoms with Gasteiger partial charge in [-0.3, -0.25) is 0 Å². The first-order valence-electron chi connectivity index (χ1n) is 6.85. The van der Waals surface area contributed by atoms with Gasteiger partial charge in [-0.2, -0.15) is 0 Å². The van der Waals surface area contributed by atoms with Gasteiger partial charge < -0.3 is 14.8 Å². The fourth-order valence-electron chi connectivity index (χ4n) is 1.93. The number of rotatable bonds is 9. The molecule has 20 heavy (non-hydrogen) atoms. The molecule has 1 aromatic rings. The number of benzene rings is 1. The molecule has 1 aromatic carbocycles. The molecule has 0 amide bonds. The van der Waals surface area contributed by atoms with Crippen LogP contribution in [-0.4, -0.2) is 33.9 Å². The van der Waals surface area contributed by atoms with Crippen molar-refractivity contribution in [3.05, 3.63) is 41.2 Å². The third-order valence-electron chi connectivity index (χ3n) is 3.00. The predicted octanol–water partition coefficient (Wildman–Crippen LogP) is 2.95. The first kappa shape index (κ1) is 16.7. The van der Waals surface area contributed by atoms with E-state index in [1.54, 1.807) is 13.2 Å². The summed E-state index contributed by atoms with van der Waals surface area (Å²) >= 11 is 0. The van der Waals surface area contributed by atoms with Crippen molar-refractivity contribution in [3.8, 4) is 5.75 Å². The lowest BCUT2D eigenvalue weighted by molar-refractivity contribution is 0.199. The highest BCUT2D eigenvalue weighted by Crippen LogP contribution is 2.19. The second kappa shape index (κ2) is 9.50. The number of allylic oxidation sites excluding steroid dienone is 1. The highest BCUT2D eigenvalue weighted by molar-refractivity contribution is 5.31. The smallest absolute Gasteiger partial charge is 0.165 e. The highest BCUT2D eigenvalue weighted by atomic mass is 19.1. The van der Waals surface area contributed by atoms with E-state index in [2.05, 4.69) is 18.3 Å². The zero-order chi connectivity index (χ0) is 14.8. The summed E-state index contributed by atoms with van der Waals surface area (Å²) in [5.74, 6) is -0.0169. The minimum Gasteiger partial charge on any atom is -0.494 e. The maximum Gasteiger partial charge on any atom is 0.165 e. The molecule has 0 spiro atoms. The molecule has 0 radical (unpaired) electrons. The second-order valence-electron chi connectivity index (χ2n) is 4.73. The zero-order valence-electron chi connectivity index (χ0n) is 12.5. The third kappa shape index (κ3) is 6.17. The van der Waals surface area contributed by atoms with E-state index in [9.17, 15) is 4.39 Å². The van der Waals surface area contributed by atoms with Crippen LogP contribution in [0.3, 0.4) is 0 Å². The van der Waals surface area contributed by atoms with Crippen LogP contribution >= 0.6 is 0 Å². The fourth-order valence-corrected chi connectivity index (χ4v) is 1.93. The van der Waals surface area contributed by atoms with Crippen molar-refractivity contribution < 1.29 is 13.9 Å². The van der Waals surface area contributed by atoms with Gasteiger partial charge in [0.25, 0.3) is 0 Å². The molecule has 0 aliphatic carbocycles. The van der Waals surface area contributed by atoms with Crippen LogP contribution in [0.1, 0.15) is 18.9 Å². The van der Waals surface area contributed by atoms with Crippen LogP contribution in [0.5, 0.6) is 5.75 Å². The van der Waals surface area contributed by atoms with Crippen molar-refractivity contribution in [2.45, 2.75) is 19.8 Å². The van der Waals surface area contributed by atoms with E-state index in [0.29, 0.717) is 0 Å². The van der Waals surface area contributed by atoms with Crippen molar-refractivity contribution in [2.24, 2.45) is 0 Å². The lowest BCUT2D eigenvalue weighted by Crippen LogP contribution is -2.19. The summed E-state index contributed by atoms with van der Waals surface area (Å²) in [5.41, 5.74) is 2.20. The van der Waals surface area contributed by atoms with Crippen LogP contribution in [-0.2, 0) is 11.2 Å². The first-order valence-corrected chi connectivity index (χ1v) is 6.85. The Morgan fingerprint density at radius 3 is 2.75 bits per heavy atom. The number of nitrogens with one attached hydrogen (secondary N) is 1. The molecule has 1 rings (SSSR count). The maximum atomic E-state index is 13.6. The molecule has 112 valence electrons. The van der Waals surface area contributed by atoms with Gasteiger partial charge in [0.15, 0.2) is 11.6 Å². The molecule has 3 nitrogen and oxygen atoms in total. The minimum atomic E-state index is -0.306. The second-order valence-corrected chi connectivity index (χ2v) is 4.73. The van der Waals surface area contributed by atoms with E-state index in [1.165, 1.54) is 18.7 Å². The van der Waals surface area contributed by atoms with E-state index >= 15 is 0 Å². The maximum absolute atomic E-state index is 13.6.